The number of hydrogen-bond donors (Lipinski definition) is 0. The van der Waals surface area contributed by atoms with Gasteiger partial charge in [0.05, 0.1) is 0 Å². The molecule has 0 fully saturated rings. The van der Waals surface area contributed by atoms with Crippen LogP contribution in [0.4, 0.5) is 0 Å². The van der Waals surface area contributed by atoms with E-state index in [0.29, 0.717) is 0 Å². The van der Waals surface area contributed by atoms with Gasteiger partial charge in [-0.05, 0) is 37.8 Å². The van der Waals surface area contributed by atoms with Gasteiger partial charge < -0.3 is 0 Å². The maximum absolute atomic E-state index is 9.75. The average molecular weight is 252 g/mol. The van der Waals surface area contributed by atoms with E-state index in [2.05, 4.69) is 13.8 Å². The Hall–Kier alpha value is -1.18. The van der Waals surface area contributed by atoms with Gasteiger partial charge in [0.15, 0.2) is 0 Å². The van der Waals surface area contributed by atoms with Crippen molar-refractivity contribution in [1.82, 2.24) is 0 Å². The average Bonchev–Trinajstić information content (AvgIpc) is 2.39. The highest BCUT2D eigenvalue weighted by molar-refractivity contribution is 5.64. The monoisotopic (exact) mass is 252 g/mol. The SMILES string of the molecule is CCCCC/C=C/C=O.CCCCCC=CC=O. The molecule has 0 amide bonds. The van der Waals surface area contributed by atoms with Gasteiger partial charge in [0.1, 0.15) is 12.6 Å². The summed E-state index contributed by atoms with van der Waals surface area (Å²) in [4.78, 5) is 19.5. The van der Waals surface area contributed by atoms with Crippen LogP contribution in [0.15, 0.2) is 24.3 Å². The summed E-state index contributed by atoms with van der Waals surface area (Å²) in [5, 5.41) is 0. The van der Waals surface area contributed by atoms with Crippen molar-refractivity contribution < 1.29 is 9.59 Å². The van der Waals surface area contributed by atoms with Gasteiger partial charge in [-0.3, -0.25) is 9.59 Å². The summed E-state index contributed by atoms with van der Waals surface area (Å²) in [6.07, 6.45) is 18.2. The molecule has 0 atom stereocenters. The Labute approximate surface area is 112 Å². The molecule has 0 bridgehead atoms. The van der Waals surface area contributed by atoms with Crippen LogP contribution in [0.25, 0.3) is 0 Å². The second kappa shape index (κ2) is 21.1. The first-order valence-electron chi connectivity index (χ1n) is 7.04. The normalized spacial score (nSPS) is 10.3. The Bertz CT molecular complexity index is 193. The van der Waals surface area contributed by atoms with Crippen molar-refractivity contribution in [2.24, 2.45) is 0 Å². The maximum Gasteiger partial charge on any atom is 0.142 e. The summed E-state index contributed by atoms with van der Waals surface area (Å²) in [6.45, 7) is 4.34. The maximum atomic E-state index is 9.75. The molecule has 0 N–H and O–H groups in total. The van der Waals surface area contributed by atoms with Crippen LogP contribution in [-0.2, 0) is 9.59 Å². The summed E-state index contributed by atoms with van der Waals surface area (Å²) < 4.78 is 0. The Morgan fingerprint density at radius 1 is 0.667 bits per heavy atom. The van der Waals surface area contributed by atoms with Crippen LogP contribution in [0.3, 0.4) is 0 Å². The van der Waals surface area contributed by atoms with Gasteiger partial charge in [0.2, 0.25) is 0 Å². The van der Waals surface area contributed by atoms with Crippen molar-refractivity contribution in [2.75, 3.05) is 0 Å². The molecule has 104 valence electrons. The molecular formula is C16H28O2. The Morgan fingerprint density at radius 3 is 1.33 bits per heavy atom. The standard InChI is InChI=1S/2C8H14O/c2*1-2-3-4-5-6-7-8-9/h2*6-8H,2-5H2,1H3/b7-6+;. The molecular weight excluding hydrogens is 224 g/mol. The first kappa shape index (κ1) is 19.2. The lowest BCUT2D eigenvalue weighted by Crippen LogP contribution is -1.70. The zero-order valence-electron chi connectivity index (χ0n) is 11.9. The van der Waals surface area contributed by atoms with Crippen LogP contribution in [0.2, 0.25) is 0 Å². The molecule has 0 unspecified atom stereocenters. The van der Waals surface area contributed by atoms with Gasteiger partial charge in [-0.25, -0.2) is 0 Å². The zero-order valence-corrected chi connectivity index (χ0v) is 11.9. The molecule has 18 heavy (non-hydrogen) atoms. The smallest absolute Gasteiger partial charge is 0.142 e. The second-order valence-electron chi connectivity index (χ2n) is 4.12. The lowest BCUT2D eigenvalue weighted by atomic mass is 10.2. The second-order valence-corrected chi connectivity index (χ2v) is 4.12. The third-order valence-corrected chi connectivity index (χ3v) is 2.38. The molecule has 2 heteroatoms. The molecule has 0 rings (SSSR count). The van der Waals surface area contributed by atoms with Crippen molar-refractivity contribution in [2.45, 2.75) is 65.2 Å². The van der Waals surface area contributed by atoms with E-state index in [-0.39, 0.29) is 0 Å². The van der Waals surface area contributed by atoms with Crippen molar-refractivity contribution in [3.63, 3.8) is 0 Å². The molecule has 0 radical (unpaired) electrons. The minimum atomic E-state index is 0.825. The number of allylic oxidation sites excluding steroid dienone is 4. The fourth-order valence-electron chi connectivity index (χ4n) is 1.33. The first-order chi connectivity index (χ1) is 8.83. The molecule has 0 saturated heterocycles. The number of aldehydes is 2. The van der Waals surface area contributed by atoms with E-state index in [1.54, 1.807) is 12.2 Å². The van der Waals surface area contributed by atoms with E-state index in [0.717, 1.165) is 25.4 Å². The van der Waals surface area contributed by atoms with Crippen LogP contribution in [-0.4, -0.2) is 12.6 Å². The topological polar surface area (TPSA) is 34.1 Å². The quantitative estimate of drug-likeness (QED) is 0.322. The van der Waals surface area contributed by atoms with E-state index in [1.165, 1.54) is 38.5 Å². The summed E-state index contributed by atoms with van der Waals surface area (Å²) in [6, 6.07) is 0. The third-order valence-electron chi connectivity index (χ3n) is 2.38. The van der Waals surface area contributed by atoms with Crippen molar-refractivity contribution in [1.29, 1.82) is 0 Å². The molecule has 0 aliphatic heterocycles. The van der Waals surface area contributed by atoms with Crippen LogP contribution in [0.5, 0.6) is 0 Å². The summed E-state index contributed by atoms with van der Waals surface area (Å²) in [7, 11) is 0. The van der Waals surface area contributed by atoms with Crippen LogP contribution >= 0.6 is 0 Å². The van der Waals surface area contributed by atoms with E-state index in [1.807, 2.05) is 12.2 Å². The van der Waals surface area contributed by atoms with Crippen molar-refractivity contribution in [3.05, 3.63) is 24.3 Å². The third kappa shape index (κ3) is 24.2. The van der Waals surface area contributed by atoms with Crippen LogP contribution in [0, 0.1) is 0 Å². The van der Waals surface area contributed by atoms with Crippen LogP contribution in [0.1, 0.15) is 65.2 Å². The molecule has 0 saturated carbocycles. The molecule has 0 aliphatic rings. The first-order valence-corrected chi connectivity index (χ1v) is 7.04. The van der Waals surface area contributed by atoms with E-state index < -0.39 is 0 Å². The number of rotatable bonds is 10. The van der Waals surface area contributed by atoms with Crippen molar-refractivity contribution >= 4 is 12.6 Å². The fourth-order valence-corrected chi connectivity index (χ4v) is 1.33. The fraction of sp³-hybridized carbons (Fsp3) is 0.625. The largest absolute Gasteiger partial charge is 0.299 e. The molecule has 0 aliphatic carbocycles. The van der Waals surface area contributed by atoms with Crippen LogP contribution < -0.4 is 0 Å². The Kier molecular flexibility index (Phi) is 22.5. The van der Waals surface area contributed by atoms with E-state index in [4.69, 9.17) is 0 Å². The number of hydrogen-bond acceptors (Lipinski definition) is 2. The van der Waals surface area contributed by atoms with Gasteiger partial charge in [-0.1, -0.05) is 51.7 Å². The predicted molar refractivity (Wildman–Crippen MR) is 78.7 cm³/mol. The minimum Gasteiger partial charge on any atom is -0.299 e. The lowest BCUT2D eigenvalue weighted by molar-refractivity contribution is -0.104. The molecule has 0 spiro atoms. The number of carbonyl (C=O) groups excluding carboxylic acids is 2. The number of unbranched alkanes of at least 4 members (excludes halogenated alkanes) is 6. The van der Waals surface area contributed by atoms with Gasteiger partial charge in [0.25, 0.3) is 0 Å². The Morgan fingerprint density at radius 2 is 1.06 bits per heavy atom. The summed E-state index contributed by atoms with van der Waals surface area (Å²) >= 11 is 0. The van der Waals surface area contributed by atoms with Gasteiger partial charge in [-0.15, -0.1) is 0 Å². The highest BCUT2D eigenvalue weighted by Gasteiger charge is 1.80. The van der Waals surface area contributed by atoms with Gasteiger partial charge in [0, 0.05) is 0 Å². The van der Waals surface area contributed by atoms with Gasteiger partial charge >= 0.3 is 0 Å². The summed E-state index contributed by atoms with van der Waals surface area (Å²) in [5.74, 6) is 0. The molecule has 0 aromatic heterocycles. The minimum absolute atomic E-state index is 0.825. The van der Waals surface area contributed by atoms with Crippen molar-refractivity contribution in [3.8, 4) is 0 Å². The zero-order chi connectivity index (χ0) is 13.9. The predicted octanol–water partition coefficient (Wildman–Crippen LogP) is 4.64. The molecule has 2 nitrogen and oxygen atoms in total. The van der Waals surface area contributed by atoms with Gasteiger partial charge in [-0.2, -0.15) is 0 Å². The van der Waals surface area contributed by atoms with E-state index >= 15 is 0 Å². The number of carbonyl (C=O) groups is 2. The van der Waals surface area contributed by atoms with E-state index in [9.17, 15) is 9.59 Å². The summed E-state index contributed by atoms with van der Waals surface area (Å²) in [5.41, 5.74) is 0. The molecule has 0 heterocycles. The lowest BCUT2D eigenvalue weighted by Gasteiger charge is -1.88. The molecule has 0 aromatic rings. The highest BCUT2D eigenvalue weighted by Crippen LogP contribution is 1.99. The Balaban J connectivity index is 0. The molecule has 0 aromatic carbocycles. The highest BCUT2D eigenvalue weighted by atomic mass is 16.1.